The van der Waals surface area contributed by atoms with Gasteiger partial charge in [-0.1, -0.05) is 13.8 Å². The number of nitrogens with zero attached hydrogens (tertiary/aromatic N) is 1. The van der Waals surface area contributed by atoms with Gasteiger partial charge >= 0.3 is 0 Å². The zero-order chi connectivity index (χ0) is 16.3. The van der Waals surface area contributed by atoms with Crippen molar-refractivity contribution in [2.24, 2.45) is 5.92 Å². The number of anilines is 1. The summed E-state index contributed by atoms with van der Waals surface area (Å²) in [5.74, 6) is 0.727. The largest absolute Gasteiger partial charge is 0.323 e. The second kappa shape index (κ2) is 7.93. The van der Waals surface area contributed by atoms with Crippen LogP contribution in [-0.4, -0.2) is 29.9 Å². The summed E-state index contributed by atoms with van der Waals surface area (Å²) in [7, 11) is 0. The van der Waals surface area contributed by atoms with E-state index in [2.05, 4.69) is 55.9 Å². The van der Waals surface area contributed by atoms with Gasteiger partial charge in [0.1, 0.15) is 0 Å². The van der Waals surface area contributed by atoms with Crippen LogP contribution in [0.1, 0.15) is 38.7 Å². The van der Waals surface area contributed by atoms with E-state index in [1.807, 2.05) is 19.1 Å². The van der Waals surface area contributed by atoms with Gasteiger partial charge in [-0.2, -0.15) is 0 Å². The molecular formula is C17H24Br2N2O. The Kier molecular flexibility index (Phi) is 6.47. The number of benzene rings is 1. The highest BCUT2D eigenvalue weighted by atomic mass is 79.9. The minimum absolute atomic E-state index is 0.0564. The summed E-state index contributed by atoms with van der Waals surface area (Å²) in [4.78, 5) is 14.7. The maximum absolute atomic E-state index is 12.4. The Bertz CT molecular complexity index is 518. The number of carbonyl (C=O) groups excluding carboxylic acids is 1. The molecule has 1 amide bonds. The standard InChI is InChI=1S/C17H24Br2N2O/c1-11(2)6-7-21(13-4-5-13)10-16(22)20-17-14(18)8-12(3)9-15(17)19/h8-9,11,13H,4-7,10H2,1-3H3,(H,20,22). The highest BCUT2D eigenvalue weighted by Gasteiger charge is 2.30. The third-order valence-electron chi connectivity index (χ3n) is 3.85. The SMILES string of the molecule is Cc1cc(Br)c(NC(=O)CN(CCC(C)C)C2CC2)c(Br)c1. The summed E-state index contributed by atoms with van der Waals surface area (Å²) in [6.07, 6.45) is 3.59. The molecule has 0 spiro atoms. The zero-order valence-corrected chi connectivity index (χ0v) is 16.6. The van der Waals surface area contributed by atoms with Gasteiger partial charge in [-0.25, -0.2) is 0 Å². The third-order valence-corrected chi connectivity index (χ3v) is 5.11. The Hall–Kier alpha value is -0.390. The molecule has 0 aliphatic heterocycles. The van der Waals surface area contributed by atoms with E-state index in [9.17, 15) is 4.79 Å². The van der Waals surface area contributed by atoms with Crippen LogP contribution in [0.15, 0.2) is 21.1 Å². The summed E-state index contributed by atoms with van der Waals surface area (Å²) in [5.41, 5.74) is 1.96. The maximum atomic E-state index is 12.4. The number of aryl methyl sites for hydroxylation is 1. The van der Waals surface area contributed by atoms with Gasteiger partial charge < -0.3 is 5.32 Å². The highest BCUT2D eigenvalue weighted by molar-refractivity contribution is 9.11. The van der Waals surface area contributed by atoms with Gasteiger partial charge in [0.2, 0.25) is 5.91 Å². The fourth-order valence-electron chi connectivity index (χ4n) is 2.44. The monoisotopic (exact) mass is 430 g/mol. The second-order valence-corrected chi connectivity index (χ2v) is 8.24. The molecule has 1 aliphatic rings. The number of rotatable bonds is 7. The van der Waals surface area contributed by atoms with Crippen molar-refractivity contribution in [3.8, 4) is 0 Å². The molecular weight excluding hydrogens is 408 g/mol. The molecule has 1 aromatic rings. The van der Waals surface area contributed by atoms with Gasteiger partial charge in [-0.15, -0.1) is 0 Å². The third kappa shape index (κ3) is 5.36. The van der Waals surface area contributed by atoms with Crippen LogP contribution in [0, 0.1) is 12.8 Å². The number of nitrogens with one attached hydrogen (secondary N) is 1. The number of hydrogen-bond acceptors (Lipinski definition) is 2. The Labute approximate surface area is 150 Å². The number of amides is 1. The van der Waals surface area contributed by atoms with Crippen LogP contribution in [0.3, 0.4) is 0 Å². The molecule has 122 valence electrons. The number of carbonyl (C=O) groups is 1. The van der Waals surface area contributed by atoms with Crippen LogP contribution >= 0.6 is 31.9 Å². The molecule has 22 heavy (non-hydrogen) atoms. The van der Waals surface area contributed by atoms with E-state index in [4.69, 9.17) is 0 Å². The van der Waals surface area contributed by atoms with Crippen molar-refractivity contribution >= 4 is 43.5 Å². The molecule has 0 bridgehead atoms. The van der Waals surface area contributed by atoms with E-state index >= 15 is 0 Å². The van der Waals surface area contributed by atoms with Crippen LogP contribution in [-0.2, 0) is 4.79 Å². The minimum Gasteiger partial charge on any atom is -0.323 e. The molecule has 0 unspecified atom stereocenters. The molecule has 1 aromatic carbocycles. The minimum atomic E-state index is 0.0564. The fraction of sp³-hybridized carbons (Fsp3) is 0.588. The van der Waals surface area contributed by atoms with Gasteiger partial charge in [0, 0.05) is 15.0 Å². The molecule has 0 aromatic heterocycles. The average molecular weight is 432 g/mol. The Morgan fingerprint density at radius 2 is 1.91 bits per heavy atom. The van der Waals surface area contributed by atoms with Crippen LogP contribution in [0.4, 0.5) is 5.69 Å². The molecule has 0 saturated heterocycles. The van der Waals surface area contributed by atoms with Gasteiger partial charge in [0.25, 0.3) is 0 Å². The topological polar surface area (TPSA) is 32.3 Å². The summed E-state index contributed by atoms with van der Waals surface area (Å²) in [6.45, 7) is 7.97. The molecule has 5 heteroatoms. The normalized spacial score (nSPS) is 14.7. The van der Waals surface area contributed by atoms with E-state index in [0.717, 1.165) is 33.2 Å². The van der Waals surface area contributed by atoms with E-state index in [1.54, 1.807) is 0 Å². The van der Waals surface area contributed by atoms with E-state index in [-0.39, 0.29) is 5.91 Å². The Morgan fingerprint density at radius 3 is 2.41 bits per heavy atom. The van der Waals surface area contributed by atoms with Crippen molar-refractivity contribution in [1.82, 2.24) is 4.90 Å². The van der Waals surface area contributed by atoms with E-state index < -0.39 is 0 Å². The Morgan fingerprint density at radius 1 is 1.32 bits per heavy atom. The predicted octanol–water partition coefficient (Wildman–Crippen LogP) is 4.97. The highest BCUT2D eigenvalue weighted by Crippen LogP contribution is 2.32. The van der Waals surface area contributed by atoms with Gasteiger partial charge in [0.05, 0.1) is 12.2 Å². The van der Waals surface area contributed by atoms with Gasteiger partial charge in [0.15, 0.2) is 0 Å². The first kappa shape index (κ1) is 18.0. The quantitative estimate of drug-likeness (QED) is 0.660. The van der Waals surface area contributed by atoms with Crippen molar-refractivity contribution < 1.29 is 4.79 Å². The lowest BCUT2D eigenvalue weighted by molar-refractivity contribution is -0.117. The fourth-order valence-corrected chi connectivity index (χ4v) is 4.05. The summed E-state index contributed by atoms with van der Waals surface area (Å²) < 4.78 is 1.82. The molecule has 1 fully saturated rings. The van der Waals surface area contributed by atoms with Crippen molar-refractivity contribution in [1.29, 1.82) is 0 Å². The summed E-state index contributed by atoms with van der Waals surface area (Å²) >= 11 is 7.05. The first-order valence-corrected chi connectivity index (χ1v) is 9.45. The lowest BCUT2D eigenvalue weighted by Gasteiger charge is -2.22. The van der Waals surface area contributed by atoms with Crippen molar-refractivity contribution in [3.63, 3.8) is 0 Å². The second-order valence-electron chi connectivity index (χ2n) is 6.54. The molecule has 0 radical (unpaired) electrons. The maximum Gasteiger partial charge on any atom is 0.238 e. The molecule has 2 rings (SSSR count). The van der Waals surface area contributed by atoms with Gasteiger partial charge in [-0.05, 0) is 88.2 Å². The van der Waals surface area contributed by atoms with Crippen molar-refractivity contribution in [3.05, 3.63) is 26.6 Å². The summed E-state index contributed by atoms with van der Waals surface area (Å²) in [6, 6.07) is 4.63. The molecule has 0 atom stereocenters. The van der Waals surface area contributed by atoms with Crippen LogP contribution in [0.5, 0.6) is 0 Å². The van der Waals surface area contributed by atoms with E-state index in [0.29, 0.717) is 18.5 Å². The van der Waals surface area contributed by atoms with Gasteiger partial charge in [-0.3, -0.25) is 9.69 Å². The van der Waals surface area contributed by atoms with Crippen molar-refractivity contribution in [2.45, 2.75) is 46.1 Å². The number of halogens is 2. The lowest BCUT2D eigenvalue weighted by atomic mass is 10.1. The molecule has 1 saturated carbocycles. The van der Waals surface area contributed by atoms with Crippen LogP contribution in [0.25, 0.3) is 0 Å². The summed E-state index contributed by atoms with van der Waals surface area (Å²) in [5, 5.41) is 3.03. The lowest BCUT2D eigenvalue weighted by Crippen LogP contribution is -2.36. The van der Waals surface area contributed by atoms with Crippen molar-refractivity contribution in [2.75, 3.05) is 18.4 Å². The smallest absolute Gasteiger partial charge is 0.238 e. The predicted molar refractivity (Wildman–Crippen MR) is 99.3 cm³/mol. The van der Waals surface area contributed by atoms with Crippen LogP contribution in [0.2, 0.25) is 0 Å². The first-order chi connectivity index (χ1) is 10.4. The molecule has 1 aliphatic carbocycles. The van der Waals surface area contributed by atoms with E-state index in [1.165, 1.54) is 12.8 Å². The van der Waals surface area contributed by atoms with Crippen LogP contribution < -0.4 is 5.32 Å². The molecule has 0 heterocycles. The number of hydrogen-bond donors (Lipinski definition) is 1. The Balaban J connectivity index is 1.96. The molecule has 3 nitrogen and oxygen atoms in total. The molecule has 1 N–H and O–H groups in total. The first-order valence-electron chi connectivity index (χ1n) is 7.86. The average Bonchev–Trinajstić information content (AvgIpc) is 3.23. The zero-order valence-electron chi connectivity index (χ0n) is 13.5.